The number of nitrogens with zero attached hydrogens (tertiary/aromatic N) is 1. The summed E-state index contributed by atoms with van der Waals surface area (Å²) in [6.45, 7) is 1.27. The van der Waals surface area contributed by atoms with E-state index in [0.29, 0.717) is 37.5 Å². The zero-order valence-corrected chi connectivity index (χ0v) is 17.1. The summed E-state index contributed by atoms with van der Waals surface area (Å²) < 4.78 is 36.6. The number of aromatic nitrogens is 1. The minimum absolute atomic E-state index is 0.204. The van der Waals surface area contributed by atoms with E-state index >= 15 is 4.39 Å². The Labute approximate surface area is 176 Å². The van der Waals surface area contributed by atoms with E-state index in [4.69, 9.17) is 4.74 Å². The van der Waals surface area contributed by atoms with Gasteiger partial charge in [0.1, 0.15) is 11.5 Å². The Morgan fingerprint density at radius 3 is 2.40 bits per heavy atom. The monoisotopic (exact) mass is 407 g/mol. The van der Waals surface area contributed by atoms with Crippen molar-refractivity contribution in [3.8, 4) is 11.1 Å². The highest BCUT2D eigenvalue weighted by Crippen LogP contribution is 2.47. The van der Waals surface area contributed by atoms with Gasteiger partial charge in [0, 0.05) is 24.6 Å². The van der Waals surface area contributed by atoms with Crippen LogP contribution < -0.4 is 0 Å². The van der Waals surface area contributed by atoms with E-state index in [9.17, 15) is 4.39 Å². The Morgan fingerprint density at radius 1 is 0.933 bits per heavy atom. The smallest absolute Gasteiger partial charge is 0.139 e. The van der Waals surface area contributed by atoms with Crippen molar-refractivity contribution in [1.29, 1.82) is 0 Å². The molecule has 4 heteroatoms. The number of alkyl halides is 1. The van der Waals surface area contributed by atoms with Crippen LogP contribution in [0.5, 0.6) is 0 Å². The molecule has 0 bridgehead atoms. The Morgan fingerprint density at radius 2 is 1.67 bits per heavy atom. The molecule has 3 aromatic rings. The van der Waals surface area contributed by atoms with E-state index in [1.165, 1.54) is 6.07 Å². The lowest BCUT2D eigenvalue weighted by molar-refractivity contribution is 0.0561. The molecule has 0 saturated heterocycles. The molecule has 1 saturated carbocycles. The Bertz CT molecular complexity index is 938. The van der Waals surface area contributed by atoms with Gasteiger partial charge in [-0.3, -0.25) is 4.98 Å². The second-order valence-electron chi connectivity index (χ2n) is 8.13. The average molecular weight is 408 g/mol. The molecule has 0 unspecified atom stereocenters. The predicted molar refractivity (Wildman–Crippen MR) is 115 cm³/mol. The van der Waals surface area contributed by atoms with Crippen molar-refractivity contribution in [2.45, 2.75) is 44.4 Å². The van der Waals surface area contributed by atoms with Gasteiger partial charge in [0.15, 0.2) is 0 Å². The lowest BCUT2D eigenvalue weighted by atomic mass is 9.73. The van der Waals surface area contributed by atoms with Crippen LogP contribution in [0.1, 0.15) is 43.2 Å². The number of benzene rings is 2. The van der Waals surface area contributed by atoms with Gasteiger partial charge in [0.2, 0.25) is 0 Å². The van der Waals surface area contributed by atoms with Gasteiger partial charge in [-0.15, -0.1) is 0 Å². The highest BCUT2D eigenvalue weighted by molar-refractivity contribution is 5.68. The Kier molecular flexibility index (Phi) is 6.53. The number of hydrogen-bond acceptors (Lipinski definition) is 2. The maximum absolute atomic E-state index is 16.0. The first-order valence-corrected chi connectivity index (χ1v) is 10.7. The van der Waals surface area contributed by atoms with Gasteiger partial charge in [-0.25, -0.2) is 8.78 Å². The van der Waals surface area contributed by atoms with Gasteiger partial charge in [-0.2, -0.15) is 0 Å². The van der Waals surface area contributed by atoms with Gasteiger partial charge >= 0.3 is 0 Å². The summed E-state index contributed by atoms with van der Waals surface area (Å²) in [6, 6.07) is 18.5. The van der Waals surface area contributed by atoms with Crippen molar-refractivity contribution in [2.75, 3.05) is 6.61 Å². The second kappa shape index (κ2) is 9.48. The van der Waals surface area contributed by atoms with Crippen molar-refractivity contribution in [3.05, 3.63) is 90.0 Å². The van der Waals surface area contributed by atoms with Gasteiger partial charge < -0.3 is 4.74 Å². The van der Waals surface area contributed by atoms with Crippen LogP contribution in [0.15, 0.2) is 73.1 Å². The maximum atomic E-state index is 16.0. The summed E-state index contributed by atoms with van der Waals surface area (Å²) in [6.07, 6.45) is 6.40. The Hall–Kier alpha value is -2.59. The fourth-order valence-corrected chi connectivity index (χ4v) is 4.44. The molecule has 0 spiro atoms. The van der Waals surface area contributed by atoms with E-state index in [2.05, 4.69) is 4.98 Å². The number of hydrogen-bond donors (Lipinski definition) is 0. The van der Waals surface area contributed by atoms with Crippen LogP contribution in [0, 0.1) is 11.7 Å². The van der Waals surface area contributed by atoms with E-state index < -0.39 is 11.5 Å². The standard InChI is InChI=1S/C26H27F2NO/c27-24-8-4-7-23(22-11-16-29-17-12-22)25(24)26(28)14-9-20(10-15-26)13-18-30-19-21-5-2-1-3-6-21/h1-8,11-12,16-17,20H,9-10,13-15,18-19H2. The molecule has 2 nitrogen and oxygen atoms in total. The van der Waals surface area contributed by atoms with Crippen LogP contribution in [0.3, 0.4) is 0 Å². The summed E-state index contributed by atoms with van der Waals surface area (Å²) >= 11 is 0. The number of halogens is 2. The molecular weight excluding hydrogens is 380 g/mol. The molecule has 2 aromatic carbocycles. The minimum atomic E-state index is -1.63. The molecule has 30 heavy (non-hydrogen) atoms. The summed E-state index contributed by atoms with van der Waals surface area (Å²) in [5, 5.41) is 0. The normalized spacial score (nSPS) is 21.5. The van der Waals surface area contributed by atoms with Gasteiger partial charge in [0.05, 0.1) is 6.61 Å². The Balaban J connectivity index is 1.37. The lowest BCUT2D eigenvalue weighted by Crippen LogP contribution is -2.29. The molecule has 1 fully saturated rings. The van der Waals surface area contributed by atoms with Crippen LogP contribution >= 0.6 is 0 Å². The number of ether oxygens (including phenoxy) is 1. The first kappa shape index (κ1) is 20.7. The first-order valence-electron chi connectivity index (χ1n) is 10.7. The highest BCUT2D eigenvalue weighted by Gasteiger charge is 2.40. The largest absolute Gasteiger partial charge is 0.377 e. The maximum Gasteiger partial charge on any atom is 0.139 e. The van der Waals surface area contributed by atoms with Crippen molar-refractivity contribution >= 4 is 0 Å². The summed E-state index contributed by atoms with van der Waals surface area (Å²) in [5.74, 6) is -0.0442. The molecular formula is C26H27F2NO. The molecule has 0 amide bonds. The first-order chi connectivity index (χ1) is 14.7. The topological polar surface area (TPSA) is 22.1 Å². The molecule has 1 aliphatic rings. The fourth-order valence-electron chi connectivity index (χ4n) is 4.44. The lowest BCUT2D eigenvalue weighted by Gasteiger charge is -2.35. The molecule has 0 N–H and O–H groups in total. The van der Waals surface area contributed by atoms with Crippen molar-refractivity contribution < 1.29 is 13.5 Å². The van der Waals surface area contributed by atoms with Crippen LogP contribution in [0.25, 0.3) is 11.1 Å². The van der Waals surface area contributed by atoms with E-state index in [1.807, 2.05) is 30.3 Å². The van der Waals surface area contributed by atoms with Crippen molar-refractivity contribution in [2.24, 2.45) is 5.92 Å². The summed E-state index contributed by atoms with van der Waals surface area (Å²) in [4.78, 5) is 4.02. The molecule has 1 heterocycles. The van der Waals surface area contributed by atoms with E-state index in [-0.39, 0.29) is 5.56 Å². The van der Waals surface area contributed by atoms with Crippen molar-refractivity contribution in [1.82, 2.24) is 4.98 Å². The third kappa shape index (κ3) is 4.76. The molecule has 1 aromatic heterocycles. The number of rotatable bonds is 7. The highest BCUT2D eigenvalue weighted by atomic mass is 19.1. The molecule has 0 aliphatic heterocycles. The molecule has 4 rings (SSSR count). The van der Waals surface area contributed by atoms with Crippen LogP contribution in [0.2, 0.25) is 0 Å². The third-order valence-corrected chi connectivity index (χ3v) is 6.13. The van der Waals surface area contributed by atoms with Crippen LogP contribution in [0.4, 0.5) is 8.78 Å². The molecule has 0 radical (unpaired) electrons. The van der Waals surface area contributed by atoms with Gasteiger partial charge in [0.25, 0.3) is 0 Å². The fraction of sp³-hybridized carbons (Fsp3) is 0.346. The summed E-state index contributed by atoms with van der Waals surface area (Å²) in [7, 11) is 0. The average Bonchev–Trinajstić information content (AvgIpc) is 2.79. The number of pyridine rings is 1. The predicted octanol–water partition coefficient (Wildman–Crippen LogP) is 6.85. The van der Waals surface area contributed by atoms with Crippen molar-refractivity contribution in [3.63, 3.8) is 0 Å². The minimum Gasteiger partial charge on any atom is -0.377 e. The SMILES string of the molecule is Fc1cccc(-c2ccncc2)c1C1(F)CCC(CCOCc2ccccc2)CC1. The van der Waals surface area contributed by atoms with Gasteiger partial charge in [-0.1, -0.05) is 42.5 Å². The van der Waals surface area contributed by atoms with E-state index in [1.54, 1.807) is 36.7 Å². The summed E-state index contributed by atoms with van der Waals surface area (Å²) in [5.41, 5.74) is 1.16. The zero-order valence-electron chi connectivity index (χ0n) is 17.1. The molecule has 0 atom stereocenters. The molecule has 1 aliphatic carbocycles. The second-order valence-corrected chi connectivity index (χ2v) is 8.13. The van der Waals surface area contributed by atoms with Crippen LogP contribution in [-0.4, -0.2) is 11.6 Å². The van der Waals surface area contributed by atoms with Gasteiger partial charge in [-0.05, 0) is 72.9 Å². The zero-order chi connectivity index (χ0) is 20.8. The molecule has 156 valence electrons. The third-order valence-electron chi connectivity index (χ3n) is 6.13. The van der Waals surface area contributed by atoms with E-state index in [0.717, 1.165) is 30.4 Å². The quantitative estimate of drug-likeness (QED) is 0.400. The van der Waals surface area contributed by atoms with Crippen LogP contribution in [-0.2, 0) is 17.0 Å².